The molecule has 1 N–H and O–H groups in total. The van der Waals surface area contributed by atoms with Crippen LogP contribution in [0, 0.1) is 0 Å². The quantitative estimate of drug-likeness (QED) is 0.898. The monoisotopic (exact) mass is 283 g/mol. The van der Waals surface area contributed by atoms with Gasteiger partial charge in [-0.05, 0) is 59.6 Å². The second-order valence-electron chi connectivity index (χ2n) is 4.48. The van der Waals surface area contributed by atoms with Crippen LogP contribution >= 0.6 is 15.9 Å². The van der Waals surface area contributed by atoms with Crippen LogP contribution in [0.1, 0.15) is 31.2 Å². The molecule has 2 nitrogen and oxygen atoms in total. The van der Waals surface area contributed by atoms with Crippen molar-refractivity contribution in [2.75, 3.05) is 13.1 Å². The van der Waals surface area contributed by atoms with Gasteiger partial charge in [-0.1, -0.05) is 18.9 Å². The van der Waals surface area contributed by atoms with Gasteiger partial charge in [0.05, 0.1) is 4.47 Å². The van der Waals surface area contributed by atoms with E-state index in [0.717, 1.165) is 11.0 Å². The van der Waals surface area contributed by atoms with Crippen LogP contribution in [-0.2, 0) is 6.54 Å². The molecular formula is C13H18BrNO. The first-order valence-electron chi connectivity index (χ1n) is 5.95. The largest absolute Gasteiger partial charge is 0.507 e. The zero-order valence-corrected chi connectivity index (χ0v) is 11.0. The van der Waals surface area contributed by atoms with E-state index >= 15 is 0 Å². The van der Waals surface area contributed by atoms with Crippen molar-refractivity contribution in [1.82, 2.24) is 4.90 Å². The average molecular weight is 284 g/mol. The third kappa shape index (κ3) is 3.22. The Morgan fingerprint density at radius 1 is 1.12 bits per heavy atom. The summed E-state index contributed by atoms with van der Waals surface area (Å²) in [6.45, 7) is 3.41. The minimum atomic E-state index is 0.319. The Morgan fingerprint density at radius 3 is 2.44 bits per heavy atom. The summed E-state index contributed by atoms with van der Waals surface area (Å²) in [7, 11) is 0. The Morgan fingerprint density at radius 2 is 1.81 bits per heavy atom. The lowest BCUT2D eigenvalue weighted by Crippen LogP contribution is -2.23. The molecule has 0 spiro atoms. The van der Waals surface area contributed by atoms with Crippen LogP contribution in [0.3, 0.4) is 0 Å². The number of hydrogen-bond donors (Lipinski definition) is 1. The van der Waals surface area contributed by atoms with Gasteiger partial charge in [0, 0.05) is 6.54 Å². The number of aromatic hydroxyl groups is 1. The Bertz CT molecular complexity index is 346. The van der Waals surface area contributed by atoms with Gasteiger partial charge in [0.1, 0.15) is 5.75 Å². The predicted octanol–water partition coefficient (Wildman–Crippen LogP) is 3.53. The second-order valence-corrected chi connectivity index (χ2v) is 5.33. The highest BCUT2D eigenvalue weighted by Gasteiger charge is 2.10. The smallest absolute Gasteiger partial charge is 0.129 e. The molecule has 0 amide bonds. The van der Waals surface area contributed by atoms with Gasteiger partial charge in [0.2, 0.25) is 0 Å². The molecule has 1 aliphatic rings. The van der Waals surface area contributed by atoms with Crippen molar-refractivity contribution in [3.8, 4) is 5.75 Å². The molecule has 0 bridgehead atoms. The van der Waals surface area contributed by atoms with Crippen molar-refractivity contribution >= 4 is 15.9 Å². The number of nitrogens with zero attached hydrogens (tertiary/aromatic N) is 1. The van der Waals surface area contributed by atoms with Crippen molar-refractivity contribution in [3.05, 3.63) is 28.2 Å². The molecule has 0 saturated carbocycles. The third-order valence-electron chi connectivity index (χ3n) is 3.12. The third-order valence-corrected chi connectivity index (χ3v) is 3.75. The number of rotatable bonds is 2. The van der Waals surface area contributed by atoms with Crippen molar-refractivity contribution in [1.29, 1.82) is 0 Å². The molecule has 3 heteroatoms. The maximum Gasteiger partial charge on any atom is 0.129 e. The molecular weight excluding hydrogens is 266 g/mol. The molecule has 88 valence electrons. The Labute approximate surface area is 105 Å². The fourth-order valence-corrected chi connectivity index (χ4v) is 2.63. The number of likely N-dealkylation sites (tertiary alicyclic amines) is 1. The van der Waals surface area contributed by atoms with Gasteiger partial charge in [-0.15, -0.1) is 0 Å². The van der Waals surface area contributed by atoms with Crippen molar-refractivity contribution in [2.45, 2.75) is 32.2 Å². The Kier molecular flexibility index (Phi) is 4.24. The van der Waals surface area contributed by atoms with Crippen molar-refractivity contribution in [3.63, 3.8) is 0 Å². The van der Waals surface area contributed by atoms with E-state index in [9.17, 15) is 5.11 Å². The first-order chi connectivity index (χ1) is 7.75. The summed E-state index contributed by atoms with van der Waals surface area (Å²) in [5, 5.41) is 9.43. The summed E-state index contributed by atoms with van der Waals surface area (Å²) < 4.78 is 0.792. The van der Waals surface area contributed by atoms with E-state index in [-0.39, 0.29) is 0 Å². The minimum absolute atomic E-state index is 0.319. The van der Waals surface area contributed by atoms with Gasteiger partial charge < -0.3 is 5.11 Å². The molecule has 16 heavy (non-hydrogen) atoms. The van der Waals surface area contributed by atoms with Gasteiger partial charge in [0.15, 0.2) is 0 Å². The van der Waals surface area contributed by atoms with Gasteiger partial charge in [-0.3, -0.25) is 4.90 Å². The maximum absolute atomic E-state index is 9.43. The summed E-state index contributed by atoms with van der Waals surface area (Å²) in [5.74, 6) is 0.319. The molecule has 0 aliphatic carbocycles. The van der Waals surface area contributed by atoms with Crippen LogP contribution in [0.2, 0.25) is 0 Å². The summed E-state index contributed by atoms with van der Waals surface area (Å²) in [5.41, 5.74) is 1.27. The van der Waals surface area contributed by atoms with Crippen molar-refractivity contribution < 1.29 is 5.11 Å². The minimum Gasteiger partial charge on any atom is -0.507 e. The van der Waals surface area contributed by atoms with E-state index in [0.29, 0.717) is 5.75 Å². The maximum atomic E-state index is 9.43. The van der Waals surface area contributed by atoms with Crippen LogP contribution in [0.4, 0.5) is 0 Å². The molecule has 1 aromatic carbocycles. The fourth-order valence-electron chi connectivity index (χ4n) is 2.20. The molecule has 1 aliphatic heterocycles. The van der Waals surface area contributed by atoms with Gasteiger partial charge >= 0.3 is 0 Å². The topological polar surface area (TPSA) is 23.5 Å². The molecule has 0 aromatic heterocycles. The first kappa shape index (κ1) is 11.9. The Balaban J connectivity index is 1.99. The summed E-state index contributed by atoms with van der Waals surface area (Å²) in [6.07, 6.45) is 5.38. The molecule has 1 aromatic rings. The molecule has 1 saturated heterocycles. The number of halogens is 1. The second kappa shape index (κ2) is 5.69. The van der Waals surface area contributed by atoms with Crippen LogP contribution in [0.15, 0.2) is 22.7 Å². The van der Waals surface area contributed by atoms with Crippen LogP contribution in [0.5, 0.6) is 5.75 Å². The van der Waals surface area contributed by atoms with E-state index in [4.69, 9.17) is 0 Å². The molecule has 1 heterocycles. The normalized spacial score (nSPS) is 18.3. The lowest BCUT2D eigenvalue weighted by atomic mass is 10.2. The van der Waals surface area contributed by atoms with E-state index in [1.165, 1.54) is 44.3 Å². The van der Waals surface area contributed by atoms with E-state index in [1.54, 1.807) is 6.07 Å². The summed E-state index contributed by atoms with van der Waals surface area (Å²) >= 11 is 3.36. The Hall–Kier alpha value is -0.540. The zero-order valence-electron chi connectivity index (χ0n) is 9.45. The van der Waals surface area contributed by atoms with Gasteiger partial charge in [-0.2, -0.15) is 0 Å². The van der Waals surface area contributed by atoms with Crippen LogP contribution < -0.4 is 0 Å². The van der Waals surface area contributed by atoms with Gasteiger partial charge in [-0.25, -0.2) is 0 Å². The first-order valence-corrected chi connectivity index (χ1v) is 6.75. The molecule has 2 rings (SSSR count). The zero-order chi connectivity index (χ0) is 11.4. The van der Waals surface area contributed by atoms with E-state index in [1.807, 2.05) is 12.1 Å². The van der Waals surface area contributed by atoms with E-state index < -0.39 is 0 Å². The molecule has 0 unspecified atom stereocenters. The molecule has 0 atom stereocenters. The number of phenolic OH excluding ortho intramolecular Hbond substituents is 1. The highest BCUT2D eigenvalue weighted by atomic mass is 79.9. The number of phenols is 1. The highest BCUT2D eigenvalue weighted by molar-refractivity contribution is 9.10. The molecule has 1 fully saturated rings. The lowest BCUT2D eigenvalue weighted by molar-refractivity contribution is 0.277. The van der Waals surface area contributed by atoms with Gasteiger partial charge in [0.25, 0.3) is 0 Å². The standard InChI is InChI=1S/C13H18BrNO/c14-12-9-11(5-6-13(12)16)10-15-7-3-1-2-4-8-15/h5-6,9,16H,1-4,7-8,10H2. The molecule has 0 radical (unpaired) electrons. The van der Waals surface area contributed by atoms with Crippen molar-refractivity contribution in [2.24, 2.45) is 0 Å². The fraction of sp³-hybridized carbons (Fsp3) is 0.538. The SMILES string of the molecule is Oc1ccc(CN2CCCCCC2)cc1Br. The van der Waals surface area contributed by atoms with Crippen LogP contribution in [0.25, 0.3) is 0 Å². The van der Waals surface area contributed by atoms with E-state index in [2.05, 4.69) is 20.8 Å². The number of hydrogen-bond acceptors (Lipinski definition) is 2. The number of benzene rings is 1. The highest BCUT2D eigenvalue weighted by Crippen LogP contribution is 2.25. The van der Waals surface area contributed by atoms with Crippen LogP contribution in [-0.4, -0.2) is 23.1 Å². The lowest BCUT2D eigenvalue weighted by Gasteiger charge is -2.19. The predicted molar refractivity (Wildman–Crippen MR) is 69.6 cm³/mol. The summed E-state index contributed by atoms with van der Waals surface area (Å²) in [4.78, 5) is 2.51. The summed E-state index contributed by atoms with van der Waals surface area (Å²) in [6, 6.07) is 5.78. The average Bonchev–Trinajstić information content (AvgIpc) is 2.52.